The molecule has 9 heteroatoms. The highest BCUT2D eigenvalue weighted by atomic mass is 19.2. The van der Waals surface area contributed by atoms with Gasteiger partial charge in [0.1, 0.15) is 12.3 Å². The quantitative estimate of drug-likeness (QED) is 0.562. The molecule has 0 bridgehead atoms. The van der Waals surface area contributed by atoms with Gasteiger partial charge in [-0.2, -0.15) is 9.37 Å². The van der Waals surface area contributed by atoms with Crippen molar-refractivity contribution in [1.82, 2.24) is 15.0 Å². The van der Waals surface area contributed by atoms with E-state index in [9.17, 15) is 13.2 Å². The number of aromatic nitrogens is 3. The minimum absolute atomic E-state index is 0.201. The fraction of sp³-hybridized carbons (Fsp3) is 0.250. The molecule has 0 unspecified atom stereocenters. The smallest absolute Gasteiger partial charge is 0.217 e. The van der Waals surface area contributed by atoms with E-state index in [-0.39, 0.29) is 6.61 Å². The minimum atomic E-state index is -1.59. The maximum atomic E-state index is 13.8. The molecule has 0 saturated carbocycles. The highest BCUT2D eigenvalue weighted by molar-refractivity contribution is 5.49. The molecule has 6 nitrogen and oxygen atoms in total. The summed E-state index contributed by atoms with van der Waals surface area (Å²) >= 11 is 0. The third-order valence-electron chi connectivity index (χ3n) is 4.20. The largest absolute Gasteiger partial charge is 0.484 e. The molecule has 1 saturated heterocycles. The average molecular weight is 403 g/mol. The van der Waals surface area contributed by atoms with Gasteiger partial charge in [0.2, 0.25) is 11.7 Å². The van der Waals surface area contributed by atoms with Crippen LogP contribution in [-0.4, -0.2) is 34.8 Å². The van der Waals surface area contributed by atoms with Crippen LogP contribution in [0.1, 0.15) is 5.69 Å². The number of hydrogen-bond acceptors (Lipinski definition) is 6. The first-order valence-corrected chi connectivity index (χ1v) is 8.86. The summed E-state index contributed by atoms with van der Waals surface area (Å²) in [6.45, 7) is 1.48. The maximum Gasteiger partial charge on any atom is 0.217 e. The van der Waals surface area contributed by atoms with Crippen molar-refractivity contribution in [2.45, 2.75) is 6.61 Å². The third-order valence-corrected chi connectivity index (χ3v) is 4.20. The van der Waals surface area contributed by atoms with Crippen LogP contribution < -0.4 is 9.47 Å². The summed E-state index contributed by atoms with van der Waals surface area (Å²) in [4.78, 5) is 12.9. The monoisotopic (exact) mass is 403 g/mol. The van der Waals surface area contributed by atoms with Gasteiger partial charge in [-0.1, -0.05) is 6.07 Å². The van der Waals surface area contributed by atoms with E-state index in [4.69, 9.17) is 14.2 Å². The number of rotatable bonds is 7. The van der Waals surface area contributed by atoms with E-state index in [2.05, 4.69) is 15.0 Å². The Morgan fingerprint density at radius 3 is 2.59 bits per heavy atom. The number of benzene rings is 1. The van der Waals surface area contributed by atoms with Gasteiger partial charge in [0, 0.05) is 18.2 Å². The second-order valence-corrected chi connectivity index (χ2v) is 6.41. The maximum absolute atomic E-state index is 13.8. The van der Waals surface area contributed by atoms with Gasteiger partial charge >= 0.3 is 0 Å². The highest BCUT2D eigenvalue weighted by Gasteiger charge is 2.20. The topological polar surface area (TPSA) is 66.4 Å². The Bertz CT molecular complexity index is 1000. The third kappa shape index (κ3) is 4.45. The average Bonchev–Trinajstić information content (AvgIpc) is 2.71. The Morgan fingerprint density at radius 1 is 1.00 bits per heavy atom. The van der Waals surface area contributed by atoms with Crippen LogP contribution in [0.4, 0.5) is 13.2 Å². The van der Waals surface area contributed by atoms with Crippen molar-refractivity contribution in [2.24, 2.45) is 5.92 Å². The fourth-order valence-corrected chi connectivity index (χ4v) is 2.59. The van der Waals surface area contributed by atoms with Gasteiger partial charge in [-0.3, -0.25) is 4.98 Å². The molecular formula is C20H16F3N3O3. The Hall–Kier alpha value is -3.20. The molecule has 1 aromatic carbocycles. The summed E-state index contributed by atoms with van der Waals surface area (Å²) in [5.41, 5.74) is 0.884. The van der Waals surface area contributed by atoms with Gasteiger partial charge < -0.3 is 14.2 Å². The summed E-state index contributed by atoms with van der Waals surface area (Å²) in [5, 5.41) is 0. The van der Waals surface area contributed by atoms with E-state index < -0.39 is 23.2 Å². The Labute approximate surface area is 164 Å². The summed E-state index contributed by atoms with van der Waals surface area (Å²) < 4.78 is 56.4. The van der Waals surface area contributed by atoms with Crippen LogP contribution in [0.3, 0.4) is 0 Å². The van der Waals surface area contributed by atoms with Gasteiger partial charge in [-0.05, 0) is 24.3 Å². The Morgan fingerprint density at radius 2 is 1.86 bits per heavy atom. The summed E-state index contributed by atoms with van der Waals surface area (Å²) in [7, 11) is 0. The number of halogens is 3. The second-order valence-electron chi connectivity index (χ2n) is 6.41. The molecule has 0 aliphatic carbocycles. The van der Waals surface area contributed by atoms with E-state index >= 15 is 0 Å². The van der Waals surface area contributed by atoms with Crippen molar-refractivity contribution < 1.29 is 27.4 Å². The highest BCUT2D eigenvalue weighted by Crippen LogP contribution is 2.24. The van der Waals surface area contributed by atoms with E-state index in [1.165, 1.54) is 0 Å². The molecule has 29 heavy (non-hydrogen) atoms. The van der Waals surface area contributed by atoms with E-state index in [0.29, 0.717) is 48.8 Å². The normalized spacial score (nSPS) is 13.8. The molecule has 0 amide bonds. The summed E-state index contributed by atoms with van der Waals surface area (Å²) in [6.07, 6.45) is 1.60. The Kier molecular flexibility index (Phi) is 5.57. The first-order chi connectivity index (χ1) is 14.1. The first-order valence-electron chi connectivity index (χ1n) is 8.86. The predicted octanol–water partition coefficient (Wildman–Crippen LogP) is 3.56. The molecular weight excluding hydrogens is 387 g/mol. The van der Waals surface area contributed by atoms with Crippen LogP contribution in [0.2, 0.25) is 0 Å². The molecule has 0 N–H and O–H groups in total. The number of ether oxygens (including phenoxy) is 3. The lowest BCUT2D eigenvalue weighted by Crippen LogP contribution is -2.32. The van der Waals surface area contributed by atoms with Crippen molar-refractivity contribution in [2.75, 3.05) is 19.8 Å². The van der Waals surface area contributed by atoms with Crippen LogP contribution in [0.15, 0.2) is 42.6 Å². The van der Waals surface area contributed by atoms with Crippen molar-refractivity contribution in [3.05, 3.63) is 65.7 Å². The molecule has 0 radical (unpaired) electrons. The predicted molar refractivity (Wildman–Crippen MR) is 95.7 cm³/mol. The minimum Gasteiger partial charge on any atom is -0.484 e. The molecule has 1 aliphatic heterocycles. The second kappa shape index (κ2) is 8.44. The van der Waals surface area contributed by atoms with Crippen molar-refractivity contribution in [3.63, 3.8) is 0 Å². The lowest BCUT2D eigenvalue weighted by molar-refractivity contribution is -0.0514. The molecule has 1 fully saturated rings. The lowest BCUT2D eigenvalue weighted by atomic mass is 10.1. The molecule has 2 aromatic heterocycles. The van der Waals surface area contributed by atoms with Gasteiger partial charge in [-0.25, -0.2) is 13.8 Å². The van der Waals surface area contributed by atoms with Gasteiger partial charge in [-0.15, -0.1) is 0 Å². The van der Waals surface area contributed by atoms with Gasteiger partial charge in [0.15, 0.2) is 23.2 Å². The molecule has 0 spiro atoms. The zero-order chi connectivity index (χ0) is 20.2. The van der Waals surface area contributed by atoms with Crippen LogP contribution in [0.5, 0.6) is 11.6 Å². The zero-order valence-corrected chi connectivity index (χ0v) is 15.1. The zero-order valence-electron chi connectivity index (χ0n) is 15.1. The van der Waals surface area contributed by atoms with E-state index in [1.54, 1.807) is 30.5 Å². The fourth-order valence-electron chi connectivity index (χ4n) is 2.59. The molecule has 3 aromatic rings. The van der Waals surface area contributed by atoms with E-state index in [1.807, 2.05) is 0 Å². The van der Waals surface area contributed by atoms with Crippen molar-refractivity contribution >= 4 is 0 Å². The van der Waals surface area contributed by atoms with Crippen LogP contribution in [-0.2, 0) is 11.3 Å². The van der Waals surface area contributed by atoms with Crippen molar-refractivity contribution in [1.29, 1.82) is 0 Å². The molecule has 3 heterocycles. The standard InChI is InChI=1S/C20H16F3N3O3/c21-14-4-5-16(19(23)18(14)22)28-11-13-7-17(29-10-12-8-27-9-12)26-20(25-13)15-3-1-2-6-24-15/h1-7,12H,8-11H2. The summed E-state index contributed by atoms with van der Waals surface area (Å²) in [5.74, 6) is -3.80. The molecule has 4 rings (SSSR count). The Balaban J connectivity index is 1.56. The van der Waals surface area contributed by atoms with Gasteiger partial charge in [0.05, 0.1) is 25.5 Å². The SMILES string of the molecule is Fc1ccc(OCc2cc(OCC3COC3)nc(-c3ccccn3)n2)c(F)c1F. The number of pyridine rings is 1. The van der Waals surface area contributed by atoms with Crippen LogP contribution in [0, 0.1) is 23.4 Å². The summed E-state index contributed by atoms with van der Waals surface area (Å²) in [6, 6.07) is 8.64. The number of nitrogens with zero attached hydrogens (tertiary/aromatic N) is 3. The molecule has 0 atom stereocenters. The number of hydrogen-bond donors (Lipinski definition) is 0. The van der Waals surface area contributed by atoms with Crippen LogP contribution in [0.25, 0.3) is 11.5 Å². The van der Waals surface area contributed by atoms with E-state index in [0.717, 1.165) is 12.1 Å². The molecule has 150 valence electrons. The van der Waals surface area contributed by atoms with Gasteiger partial charge in [0.25, 0.3) is 0 Å². The molecule has 1 aliphatic rings. The van der Waals surface area contributed by atoms with Crippen molar-refractivity contribution in [3.8, 4) is 23.1 Å². The first kappa shape index (κ1) is 19.1. The lowest BCUT2D eigenvalue weighted by Gasteiger charge is -2.25. The van der Waals surface area contributed by atoms with Crippen LogP contribution >= 0.6 is 0 Å².